The van der Waals surface area contributed by atoms with Gasteiger partial charge in [-0.3, -0.25) is 4.98 Å². The molecule has 0 saturated carbocycles. The Kier molecular flexibility index (Phi) is 3.59. The molecule has 0 bridgehead atoms. The molecule has 17 heavy (non-hydrogen) atoms. The molecule has 1 unspecified atom stereocenters. The Morgan fingerprint density at radius 3 is 3.12 bits per heavy atom. The molecule has 1 aliphatic heterocycles. The summed E-state index contributed by atoms with van der Waals surface area (Å²) in [6, 6.07) is 3.82. The van der Waals surface area contributed by atoms with Gasteiger partial charge in [-0.2, -0.15) is 0 Å². The van der Waals surface area contributed by atoms with Gasteiger partial charge in [0.1, 0.15) is 10.7 Å². The first-order valence-electron chi connectivity index (χ1n) is 5.71. The number of anilines is 1. The van der Waals surface area contributed by atoms with Crippen molar-refractivity contribution < 1.29 is 4.74 Å². The lowest BCUT2D eigenvalue weighted by molar-refractivity contribution is 0.0540. The zero-order chi connectivity index (χ0) is 12.3. The Bertz CT molecular complexity index is 416. The summed E-state index contributed by atoms with van der Waals surface area (Å²) in [7, 11) is 0. The fourth-order valence-corrected chi connectivity index (χ4v) is 2.22. The van der Waals surface area contributed by atoms with E-state index in [9.17, 15) is 0 Å². The summed E-state index contributed by atoms with van der Waals surface area (Å²) in [6.45, 7) is 3.67. The van der Waals surface area contributed by atoms with Crippen molar-refractivity contribution in [3.8, 4) is 0 Å². The van der Waals surface area contributed by atoms with Crippen molar-refractivity contribution in [2.75, 3.05) is 18.5 Å². The molecule has 1 aromatic rings. The van der Waals surface area contributed by atoms with Crippen LogP contribution in [0.4, 0.5) is 5.69 Å². The van der Waals surface area contributed by atoms with Crippen molar-refractivity contribution in [3.05, 3.63) is 24.0 Å². The summed E-state index contributed by atoms with van der Waals surface area (Å²) in [5, 5.41) is 3.45. The normalized spacial score (nSPS) is 24.3. The number of ether oxygens (including phenoxy) is 1. The predicted octanol–water partition coefficient (Wildman–Crippen LogP) is 1.70. The maximum absolute atomic E-state index is 5.66. The van der Waals surface area contributed by atoms with Crippen LogP contribution in [-0.4, -0.2) is 28.7 Å². The average molecular weight is 251 g/mol. The first-order chi connectivity index (χ1) is 8.11. The average Bonchev–Trinajstić information content (AvgIpc) is 2.29. The van der Waals surface area contributed by atoms with E-state index < -0.39 is 0 Å². The van der Waals surface area contributed by atoms with Gasteiger partial charge in [0.2, 0.25) is 0 Å². The highest BCUT2D eigenvalue weighted by Crippen LogP contribution is 2.25. The number of nitrogens with one attached hydrogen (secondary N) is 1. The molecule has 4 nitrogen and oxygen atoms in total. The molecule has 2 heterocycles. The minimum Gasteiger partial charge on any atom is -0.388 e. The molecule has 0 aromatic carbocycles. The van der Waals surface area contributed by atoms with Crippen LogP contribution in [0.1, 0.15) is 25.5 Å². The molecule has 0 spiro atoms. The van der Waals surface area contributed by atoms with Gasteiger partial charge in [-0.15, -0.1) is 0 Å². The lowest BCUT2D eigenvalue weighted by Gasteiger charge is -2.35. The molecule has 0 amide bonds. The summed E-state index contributed by atoms with van der Waals surface area (Å²) >= 11 is 5.00. The number of thiocarbonyl (C=S) groups is 1. The van der Waals surface area contributed by atoms with Gasteiger partial charge in [-0.05, 0) is 31.9 Å². The topological polar surface area (TPSA) is 60.2 Å². The van der Waals surface area contributed by atoms with E-state index >= 15 is 0 Å². The SMILES string of the molecule is CC1(Nc2cccnc2C(N)=S)CCCOC1. The summed E-state index contributed by atoms with van der Waals surface area (Å²) < 4.78 is 5.51. The van der Waals surface area contributed by atoms with Crippen LogP contribution in [0.15, 0.2) is 18.3 Å². The van der Waals surface area contributed by atoms with E-state index in [1.807, 2.05) is 12.1 Å². The standard InChI is InChI=1S/C12H17N3OS/c1-12(5-3-7-16-8-12)15-9-4-2-6-14-10(9)11(13)17/h2,4,6,15H,3,5,7-8H2,1H3,(H2,13,17). The lowest BCUT2D eigenvalue weighted by atomic mass is 9.94. The number of aromatic nitrogens is 1. The van der Waals surface area contributed by atoms with Crippen LogP contribution in [0, 0.1) is 0 Å². The van der Waals surface area contributed by atoms with Crippen molar-refractivity contribution in [1.82, 2.24) is 4.98 Å². The second-order valence-electron chi connectivity index (χ2n) is 4.61. The maximum Gasteiger partial charge on any atom is 0.124 e. The Balaban J connectivity index is 2.20. The van der Waals surface area contributed by atoms with Crippen LogP contribution in [-0.2, 0) is 4.74 Å². The molecule has 2 rings (SSSR count). The van der Waals surface area contributed by atoms with Crippen molar-refractivity contribution in [2.45, 2.75) is 25.3 Å². The fourth-order valence-electron chi connectivity index (χ4n) is 2.06. The molecular formula is C12H17N3OS. The van der Waals surface area contributed by atoms with Crippen molar-refractivity contribution in [1.29, 1.82) is 0 Å². The molecular weight excluding hydrogens is 234 g/mol. The third-order valence-electron chi connectivity index (χ3n) is 2.92. The van der Waals surface area contributed by atoms with Crippen LogP contribution in [0.2, 0.25) is 0 Å². The van der Waals surface area contributed by atoms with Crippen molar-refractivity contribution in [3.63, 3.8) is 0 Å². The number of hydrogen-bond acceptors (Lipinski definition) is 4. The Morgan fingerprint density at radius 2 is 2.47 bits per heavy atom. The van der Waals surface area contributed by atoms with Crippen molar-refractivity contribution >= 4 is 22.9 Å². The van der Waals surface area contributed by atoms with E-state index in [-0.39, 0.29) is 5.54 Å². The predicted molar refractivity (Wildman–Crippen MR) is 72.2 cm³/mol. The van der Waals surface area contributed by atoms with Crippen LogP contribution >= 0.6 is 12.2 Å². The molecule has 0 radical (unpaired) electrons. The molecule has 0 aliphatic carbocycles. The summed E-state index contributed by atoms with van der Waals surface area (Å²) in [4.78, 5) is 4.52. The van der Waals surface area contributed by atoms with Crippen LogP contribution in [0.25, 0.3) is 0 Å². The monoisotopic (exact) mass is 251 g/mol. The van der Waals surface area contributed by atoms with Gasteiger partial charge >= 0.3 is 0 Å². The molecule has 1 fully saturated rings. The van der Waals surface area contributed by atoms with Crippen molar-refractivity contribution in [2.24, 2.45) is 5.73 Å². The van der Waals surface area contributed by atoms with Gasteiger partial charge in [-0.25, -0.2) is 0 Å². The molecule has 92 valence electrons. The number of nitrogens with zero attached hydrogens (tertiary/aromatic N) is 1. The van der Waals surface area contributed by atoms with Gasteiger partial charge in [-0.1, -0.05) is 12.2 Å². The third-order valence-corrected chi connectivity index (χ3v) is 3.11. The van der Waals surface area contributed by atoms with Crippen LogP contribution in [0.3, 0.4) is 0 Å². The summed E-state index contributed by atoms with van der Waals surface area (Å²) in [5.41, 5.74) is 7.12. The fraction of sp³-hybridized carbons (Fsp3) is 0.500. The Morgan fingerprint density at radius 1 is 1.65 bits per heavy atom. The van der Waals surface area contributed by atoms with E-state index in [0.717, 1.165) is 25.1 Å². The summed E-state index contributed by atoms with van der Waals surface area (Å²) in [5.74, 6) is 0. The molecule has 1 aromatic heterocycles. The van der Waals surface area contributed by atoms with Gasteiger partial charge in [0, 0.05) is 12.8 Å². The van der Waals surface area contributed by atoms with Gasteiger partial charge in [0.15, 0.2) is 0 Å². The quantitative estimate of drug-likeness (QED) is 0.801. The first kappa shape index (κ1) is 12.3. The lowest BCUT2D eigenvalue weighted by Crippen LogP contribution is -2.43. The first-order valence-corrected chi connectivity index (χ1v) is 6.12. The highest BCUT2D eigenvalue weighted by atomic mass is 32.1. The molecule has 3 N–H and O–H groups in total. The van der Waals surface area contributed by atoms with Crippen LogP contribution in [0.5, 0.6) is 0 Å². The molecule has 1 aliphatic rings. The smallest absolute Gasteiger partial charge is 0.124 e. The Labute approximate surface area is 107 Å². The number of hydrogen-bond donors (Lipinski definition) is 2. The second-order valence-corrected chi connectivity index (χ2v) is 5.05. The second kappa shape index (κ2) is 4.98. The van der Waals surface area contributed by atoms with E-state index in [4.69, 9.17) is 22.7 Å². The van der Waals surface area contributed by atoms with E-state index in [0.29, 0.717) is 17.3 Å². The zero-order valence-corrected chi connectivity index (χ0v) is 10.7. The Hall–Kier alpha value is -1.20. The number of nitrogens with two attached hydrogens (primary N) is 1. The van der Waals surface area contributed by atoms with E-state index in [2.05, 4.69) is 17.2 Å². The van der Waals surface area contributed by atoms with Crippen LogP contribution < -0.4 is 11.1 Å². The highest BCUT2D eigenvalue weighted by molar-refractivity contribution is 7.80. The van der Waals surface area contributed by atoms with E-state index in [1.165, 1.54) is 0 Å². The highest BCUT2D eigenvalue weighted by Gasteiger charge is 2.28. The number of pyridine rings is 1. The minimum absolute atomic E-state index is 0.0686. The minimum atomic E-state index is -0.0686. The molecule has 5 heteroatoms. The largest absolute Gasteiger partial charge is 0.388 e. The third kappa shape index (κ3) is 2.92. The van der Waals surface area contributed by atoms with Gasteiger partial charge in [0.05, 0.1) is 17.8 Å². The number of rotatable bonds is 3. The molecule has 1 atom stereocenters. The maximum atomic E-state index is 5.66. The van der Waals surface area contributed by atoms with Gasteiger partial charge < -0.3 is 15.8 Å². The zero-order valence-electron chi connectivity index (χ0n) is 9.90. The molecule has 1 saturated heterocycles. The van der Waals surface area contributed by atoms with Gasteiger partial charge in [0.25, 0.3) is 0 Å². The van der Waals surface area contributed by atoms with E-state index in [1.54, 1.807) is 6.20 Å². The summed E-state index contributed by atoms with van der Waals surface area (Å²) in [6.07, 6.45) is 3.82.